The molecule has 0 bridgehead atoms. The van der Waals surface area contributed by atoms with Gasteiger partial charge in [-0.2, -0.15) is 0 Å². The number of carbonyl (C=O) groups is 2. The van der Waals surface area contributed by atoms with Crippen molar-refractivity contribution in [3.8, 4) is 12.3 Å². The minimum atomic E-state index is -0.250. The molecule has 7 nitrogen and oxygen atoms in total. The van der Waals surface area contributed by atoms with Gasteiger partial charge in [-0.1, -0.05) is 6.92 Å². The molecular formula is C16H29NO6. The molecule has 23 heavy (non-hydrogen) atoms. The Labute approximate surface area is 138 Å². The number of carbonyl (C=O) groups excluding carboxylic acids is 1. The van der Waals surface area contributed by atoms with Gasteiger partial charge in [0.1, 0.15) is 0 Å². The second kappa shape index (κ2) is 22.7. The molecule has 0 saturated carbocycles. The van der Waals surface area contributed by atoms with Crippen LogP contribution in [0.5, 0.6) is 0 Å². The van der Waals surface area contributed by atoms with Crippen LogP contribution in [0.15, 0.2) is 0 Å². The molecule has 0 heterocycles. The van der Waals surface area contributed by atoms with Crippen molar-refractivity contribution in [3.05, 3.63) is 0 Å². The zero-order valence-electron chi connectivity index (χ0n) is 13.9. The van der Waals surface area contributed by atoms with Crippen LogP contribution in [0.4, 0.5) is 0 Å². The summed E-state index contributed by atoms with van der Waals surface area (Å²) in [5.41, 5.74) is 0. The smallest absolute Gasteiger partial charge is 0.290 e. The second-order valence-electron chi connectivity index (χ2n) is 4.35. The zero-order chi connectivity index (χ0) is 17.6. The number of terminal acetylenes is 1. The lowest BCUT2D eigenvalue weighted by atomic mass is 10.2. The van der Waals surface area contributed by atoms with Gasteiger partial charge in [-0.3, -0.25) is 9.59 Å². The average molecular weight is 331 g/mol. The number of hydrogen-bond donors (Lipinski definition) is 2. The van der Waals surface area contributed by atoms with E-state index >= 15 is 0 Å². The van der Waals surface area contributed by atoms with E-state index in [1.807, 2.05) is 0 Å². The third-order valence-electron chi connectivity index (χ3n) is 2.39. The summed E-state index contributed by atoms with van der Waals surface area (Å²) in [7, 11) is 0. The first-order valence-corrected chi connectivity index (χ1v) is 7.74. The first kappa shape index (κ1) is 23.6. The fourth-order valence-electron chi connectivity index (χ4n) is 1.39. The van der Waals surface area contributed by atoms with Crippen LogP contribution < -0.4 is 5.32 Å². The molecule has 1 amide bonds. The molecule has 0 aliphatic heterocycles. The summed E-state index contributed by atoms with van der Waals surface area (Å²) in [6.07, 6.45) is 7.98. The number of rotatable bonds is 14. The summed E-state index contributed by atoms with van der Waals surface area (Å²) in [5.74, 6) is 2.53. The van der Waals surface area contributed by atoms with Gasteiger partial charge in [-0.05, 0) is 12.8 Å². The maximum atomic E-state index is 11.3. The zero-order valence-corrected chi connectivity index (χ0v) is 13.9. The number of hydrogen-bond acceptors (Lipinski definition) is 5. The van der Waals surface area contributed by atoms with Crippen LogP contribution in [0.1, 0.15) is 32.6 Å². The van der Waals surface area contributed by atoms with Crippen LogP contribution in [0, 0.1) is 12.3 Å². The van der Waals surface area contributed by atoms with Gasteiger partial charge in [-0.25, -0.2) is 0 Å². The highest BCUT2D eigenvalue weighted by Gasteiger charge is 1.99. The van der Waals surface area contributed by atoms with Gasteiger partial charge in [0.15, 0.2) is 0 Å². The Hall–Kier alpha value is -1.62. The van der Waals surface area contributed by atoms with Crippen LogP contribution in [0.25, 0.3) is 0 Å². The monoisotopic (exact) mass is 331 g/mol. The van der Waals surface area contributed by atoms with Gasteiger partial charge in [0.2, 0.25) is 5.91 Å². The Morgan fingerprint density at radius 2 is 1.65 bits per heavy atom. The Morgan fingerprint density at radius 3 is 2.17 bits per heavy atom. The van der Waals surface area contributed by atoms with Crippen molar-refractivity contribution in [3.63, 3.8) is 0 Å². The lowest BCUT2D eigenvalue weighted by Gasteiger charge is -2.07. The van der Waals surface area contributed by atoms with Crippen LogP contribution in [-0.2, 0) is 23.8 Å². The van der Waals surface area contributed by atoms with Crippen molar-refractivity contribution < 1.29 is 28.9 Å². The van der Waals surface area contributed by atoms with Gasteiger partial charge >= 0.3 is 0 Å². The third-order valence-corrected chi connectivity index (χ3v) is 2.39. The molecule has 134 valence electrons. The summed E-state index contributed by atoms with van der Waals surface area (Å²) in [6.45, 7) is 5.91. The highest BCUT2D eigenvalue weighted by Crippen LogP contribution is 1.92. The molecular weight excluding hydrogens is 302 g/mol. The Morgan fingerprint density at radius 1 is 1.13 bits per heavy atom. The number of carboxylic acid groups (broad SMARTS) is 1. The quantitative estimate of drug-likeness (QED) is 0.281. The second-order valence-corrected chi connectivity index (χ2v) is 4.35. The topological polar surface area (TPSA) is 94.1 Å². The average Bonchev–Trinajstić information content (AvgIpc) is 2.53. The highest BCUT2D eigenvalue weighted by molar-refractivity contribution is 5.75. The maximum absolute atomic E-state index is 11.3. The maximum Gasteiger partial charge on any atom is 0.290 e. The van der Waals surface area contributed by atoms with Gasteiger partial charge < -0.3 is 24.6 Å². The molecule has 7 heteroatoms. The van der Waals surface area contributed by atoms with Crippen molar-refractivity contribution in [2.24, 2.45) is 0 Å². The van der Waals surface area contributed by atoms with E-state index in [0.29, 0.717) is 52.4 Å². The highest BCUT2D eigenvalue weighted by atomic mass is 16.5. The van der Waals surface area contributed by atoms with Gasteiger partial charge in [0.25, 0.3) is 6.47 Å². The first-order chi connectivity index (χ1) is 11.2. The molecule has 0 aromatic carbocycles. The number of ether oxygens (including phenoxy) is 3. The lowest BCUT2D eigenvalue weighted by Crippen LogP contribution is -2.27. The largest absolute Gasteiger partial charge is 0.483 e. The number of nitrogens with one attached hydrogen (secondary N) is 1. The minimum Gasteiger partial charge on any atom is -0.483 e. The van der Waals surface area contributed by atoms with Crippen molar-refractivity contribution >= 4 is 12.4 Å². The van der Waals surface area contributed by atoms with Gasteiger partial charge in [0.05, 0.1) is 33.0 Å². The summed E-state index contributed by atoms with van der Waals surface area (Å²) < 4.78 is 15.9. The van der Waals surface area contributed by atoms with E-state index in [9.17, 15) is 4.79 Å². The van der Waals surface area contributed by atoms with Crippen LogP contribution >= 0.6 is 0 Å². The van der Waals surface area contributed by atoms with Gasteiger partial charge in [0, 0.05) is 26.0 Å². The standard InChI is InChI=1S/C15H27NO4.CH2O2/c1-3-5-6-7-15(17)16-8-10-19-12-14-20-13-11-18-9-4-2;2-1-3/h1H,4-14H2,2H3,(H,16,17);1H,(H,2,3). The van der Waals surface area contributed by atoms with Crippen molar-refractivity contribution in [2.45, 2.75) is 32.6 Å². The Kier molecular flexibility index (Phi) is 23.3. The molecule has 0 aliphatic rings. The fourth-order valence-corrected chi connectivity index (χ4v) is 1.39. The van der Waals surface area contributed by atoms with E-state index in [0.717, 1.165) is 19.4 Å². The molecule has 0 aliphatic carbocycles. The van der Waals surface area contributed by atoms with E-state index in [-0.39, 0.29) is 12.4 Å². The SMILES string of the molecule is C#CCCCC(=O)NCCOCCOCCOCCC.O=CO. The molecule has 0 aromatic rings. The molecule has 0 spiro atoms. The molecule has 0 rings (SSSR count). The summed E-state index contributed by atoms with van der Waals surface area (Å²) in [4.78, 5) is 19.7. The van der Waals surface area contributed by atoms with Crippen molar-refractivity contribution in [1.82, 2.24) is 5.32 Å². The molecule has 0 radical (unpaired) electrons. The Bertz CT molecular complexity index is 303. The predicted octanol–water partition coefficient (Wildman–Crippen LogP) is 1.07. The number of amides is 1. The first-order valence-electron chi connectivity index (χ1n) is 7.74. The molecule has 0 atom stereocenters. The predicted molar refractivity (Wildman–Crippen MR) is 87.1 cm³/mol. The van der Waals surface area contributed by atoms with Gasteiger partial charge in [-0.15, -0.1) is 12.3 Å². The molecule has 2 N–H and O–H groups in total. The third kappa shape index (κ3) is 25.7. The van der Waals surface area contributed by atoms with Crippen molar-refractivity contribution in [2.75, 3.05) is 46.2 Å². The number of unbranched alkanes of at least 4 members (excludes halogenated alkanes) is 1. The van der Waals surface area contributed by atoms with Crippen LogP contribution in [0.2, 0.25) is 0 Å². The molecule has 0 fully saturated rings. The molecule has 0 saturated heterocycles. The minimum absolute atomic E-state index is 0.0215. The van der Waals surface area contributed by atoms with Crippen LogP contribution in [0.3, 0.4) is 0 Å². The van der Waals surface area contributed by atoms with E-state index in [2.05, 4.69) is 18.2 Å². The summed E-state index contributed by atoms with van der Waals surface area (Å²) in [6, 6.07) is 0. The van der Waals surface area contributed by atoms with Crippen LogP contribution in [-0.4, -0.2) is 63.7 Å². The molecule has 0 aromatic heterocycles. The van der Waals surface area contributed by atoms with E-state index in [1.54, 1.807) is 0 Å². The van der Waals surface area contributed by atoms with E-state index in [4.69, 9.17) is 30.5 Å². The summed E-state index contributed by atoms with van der Waals surface area (Å²) >= 11 is 0. The lowest BCUT2D eigenvalue weighted by molar-refractivity contribution is -0.123. The van der Waals surface area contributed by atoms with Crippen molar-refractivity contribution in [1.29, 1.82) is 0 Å². The van der Waals surface area contributed by atoms with E-state index < -0.39 is 0 Å². The Balaban J connectivity index is 0. The molecule has 0 unspecified atom stereocenters. The fraction of sp³-hybridized carbons (Fsp3) is 0.750. The summed E-state index contributed by atoms with van der Waals surface area (Å²) in [5, 5.41) is 9.66. The van der Waals surface area contributed by atoms with E-state index in [1.165, 1.54) is 0 Å². The normalized spacial score (nSPS) is 9.39.